The minimum absolute atomic E-state index is 0.0898. The van der Waals surface area contributed by atoms with E-state index in [1.807, 2.05) is 22.6 Å². The molecule has 0 amide bonds. The van der Waals surface area contributed by atoms with Crippen molar-refractivity contribution in [3.63, 3.8) is 0 Å². The van der Waals surface area contributed by atoms with Crippen LogP contribution in [0.3, 0.4) is 0 Å². The van der Waals surface area contributed by atoms with E-state index < -0.39 is 4.92 Å². The van der Waals surface area contributed by atoms with Gasteiger partial charge < -0.3 is 4.74 Å². The van der Waals surface area contributed by atoms with Gasteiger partial charge in [0.15, 0.2) is 5.78 Å². The van der Waals surface area contributed by atoms with Gasteiger partial charge in [0.1, 0.15) is 11.3 Å². The molecule has 2 aromatic carbocycles. The van der Waals surface area contributed by atoms with Crippen molar-refractivity contribution in [2.45, 2.75) is 0 Å². The summed E-state index contributed by atoms with van der Waals surface area (Å²) in [4.78, 5) is 22.4. The molecule has 116 valence electrons. The fourth-order valence-electron chi connectivity index (χ4n) is 1.86. The normalized spacial score (nSPS) is 9.65. The minimum atomic E-state index is -0.504. The molecule has 0 spiro atoms. The van der Waals surface area contributed by atoms with Gasteiger partial charge in [0.2, 0.25) is 0 Å². The van der Waals surface area contributed by atoms with E-state index in [9.17, 15) is 14.9 Å². The van der Waals surface area contributed by atoms with Crippen molar-refractivity contribution < 1.29 is 14.5 Å². The topological polar surface area (TPSA) is 69.4 Å². The number of benzene rings is 2. The number of rotatable bonds is 4. The van der Waals surface area contributed by atoms with Crippen LogP contribution in [-0.4, -0.2) is 22.2 Å². The summed E-state index contributed by atoms with van der Waals surface area (Å²) < 4.78 is 5.37. The highest BCUT2D eigenvalue weighted by Crippen LogP contribution is 2.20. The average molecular weight is 421 g/mol. The number of nitro benzene ring substituents is 1. The molecule has 2 aromatic rings. The molecule has 0 saturated carbocycles. The van der Waals surface area contributed by atoms with E-state index >= 15 is 0 Å². The van der Waals surface area contributed by atoms with Crippen molar-refractivity contribution in [3.05, 3.63) is 69.3 Å². The summed E-state index contributed by atoms with van der Waals surface area (Å²) in [5.74, 6) is 6.26. The second-order valence-corrected chi connectivity index (χ2v) is 5.29. The summed E-state index contributed by atoms with van der Waals surface area (Å²) >= 11 is 1.96. The number of nitro groups is 1. The van der Waals surface area contributed by atoms with E-state index in [4.69, 9.17) is 4.74 Å². The Morgan fingerprint density at radius 2 is 1.91 bits per heavy atom. The van der Waals surface area contributed by atoms with Crippen LogP contribution in [-0.2, 0) is 0 Å². The molecule has 0 saturated heterocycles. The van der Waals surface area contributed by atoms with Gasteiger partial charge in [0.25, 0.3) is 5.69 Å². The Morgan fingerprint density at radius 1 is 1.22 bits per heavy atom. The molecule has 0 aromatic heterocycles. The molecular weight excluding hydrogens is 409 g/mol. The van der Waals surface area contributed by atoms with Crippen LogP contribution in [0.2, 0.25) is 0 Å². The third-order valence-corrected chi connectivity index (χ3v) is 3.76. The van der Waals surface area contributed by atoms with Crippen LogP contribution >= 0.6 is 22.6 Å². The summed E-state index contributed by atoms with van der Waals surface area (Å²) in [6.45, 7) is 0. The zero-order valence-electron chi connectivity index (χ0n) is 12.2. The summed E-state index contributed by atoms with van der Waals surface area (Å²) in [7, 11) is 1.57. The number of alkyl halides is 1. The highest BCUT2D eigenvalue weighted by molar-refractivity contribution is 14.1. The molecule has 23 heavy (non-hydrogen) atoms. The first kappa shape index (κ1) is 17.0. The second-order valence-electron chi connectivity index (χ2n) is 4.52. The van der Waals surface area contributed by atoms with E-state index in [2.05, 4.69) is 11.8 Å². The van der Waals surface area contributed by atoms with Crippen LogP contribution < -0.4 is 4.74 Å². The maximum atomic E-state index is 11.8. The number of carbonyl (C=O) groups excluding carboxylic acids is 1. The van der Waals surface area contributed by atoms with Gasteiger partial charge in [-0.05, 0) is 36.4 Å². The first-order valence-corrected chi connectivity index (χ1v) is 8.11. The monoisotopic (exact) mass is 421 g/mol. The number of carbonyl (C=O) groups is 1. The lowest BCUT2D eigenvalue weighted by atomic mass is 10.1. The molecule has 5 nitrogen and oxygen atoms in total. The molecule has 0 heterocycles. The maximum absolute atomic E-state index is 11.8. The largest absolute Gasteiger partial charge is 0.497 e. The third-order valence-electron chi connectivity index (χ3n) is 3.07. The fraction of sp³-hybridized carbons (Fsp3) is 0.118. The molecule has 0 radical (unpaired) electrons. The molecule has 0 bridgehead atoms. The maximum Gasteiger partial charge on any atom is 0.284 e. The van der Waals surface area contributed by atoms with Crippen molar-refractivity contribution in [2.75, 3.05) is 11.5 Å². The average Bonchev–Trinajstić information content (AvgIpc) is 2.59. The van der Waals surface area contributed by atoms with Crippen molar-refractivity contribution in [2.24, 2.45) is 0 Å². The van der Waals surface area contributed by atoms with Crippen molar-refractivity contribution >= 4 is 34.1 Å². The fourth-order valence-corrected chi connectivity index (χ4v) is 2.30. The number of ether oxygens (including phenoxy) is 1. The third kappa shape index (κ3) is 4.29. The van der Waals surface area contributed by atoms with E-state index in [-0.39, 0.29) is 17.0 Å². The number of hydrogen-bond donors (Lipinski definition) is 0. The molecule has 2 rings (SSSR count). The van der Waals surface area contributed by atoms with Crippen LogP contribution in [0.15, 0.2) is 42.5 Å². The number of ketones is 1. The van der Waals surface area contributed by atoms with E-state index in [0.29, 0.717) is 21.3 Å². The van der Waals surface area contributed by atoms with Crippen molar-refractivity contribution in [1.82, 2.24) is 0 Å². The number of Topliss-reactive ketones (excluding diaryl/α,β-unsaturated/α-hetero) is 1. The SMILES string of the molecule is COc1ccc(C#Cc2cc(C(=O)CI)ccc2[N+](=O)[O-])cc1. The zero-order valence-corrected chi connectivity index (χ0v) is 14.4. The quantitative estimate of drug-likeness (QED) is 0.189. The van der Waals surface area contributed by atoms with E-state index in [1.54, 1.807) is 31.4 Å². The van der Waals surface area contributed by atoms with Gasteiger partial charge in [0.05, 0.1) is 16.5 Å². The Hall–Kier alpha value is -2.40. The Bertz CT molecular complexity index is 804. The summed E-state index contributed by atoms with van der Waals surface area (Å²) in [6, 6.07) is 11.3. The first-order valence-electron chi connectivity index (χ1n) is 6.59. The minimum Gasteiger partial charge on any atom is -0.497 e. The van der Waals surface area contributed by atoms with E-state index in [0.717, 1.165) is 0 Å². The van der Waals surface area contributed by atoms with Crippen LogP contribution in [0.5, 0.6) is 5.75 Å². The standard InChI is InChI=1S/C17H12INO4/c1-23-15-7-3-12(4-8-15)2-5-13-10-14(17(20)11-18)6-9-16(13)19(21)22/h3-4,6-10H,11H2,1H3. The van der Waals surface area contributed by atoms with Crippen LogP contribution in [0.4, 0.5) is 5.69 Å². The van der Waals surface area contributed by atoms with Gasteiger partial charge in [-0.15, -0.1) is 0 Å². The molecule has 0 atom stereocenters. The van der Waals surface area contributed by atoms with E-state index in [1.165, 1.54) is 18.2 Å². The predicted molar refractivity (Wildman–Crippen MR) is 95.3 cm³/mol. The molecule has 0 N–H and O–H groups in total. The smallest absolute Gasteiger partial charge is 0.284 e. The molecule has 0 aliphatic rings. The summed E-state index contributed by atoms with van der Waals surface area (Å²) in [6.07, 6.45) is 0. The number of nitrogens with zero attached hydrogens (tertiary/aromatic N) is 1. The van der Waals surface area contributed by atoms with Gasteiger partial charge in [-0.2, -0.15) is 0 Å². The molecule has 0 aliphatic heterocycles. The number of hydrogen-bond acceptors (Lipinski definition) is 4. The highest BCUT2D eigenvalue weighted by Gasteiger charge is 2.15. The molecular formula is C17H12INO4. The molecule has 0 unspecified atom stereocenters. The Balaban J connectivity index is 2.42. The van der Waals surface area contributed by atoms with Crippen LogP contribution in [0, 0.1) is 22.0 Å². The Labute approximate surface area is 147 Å². The van der Waals surface area contributed by atoms with Gasteiger partial charge in [-0.3, -0.25) is 14.9 Å². The number of methoxy groups -OCH3 is 1. The molecule has 0 aliphatic carbocycles. The lowest BCUT2D eigenvalue weighted by molar-refractivity contribution is -0.385. The summed E-state index contributed by atoms with van der Waals surface area (Å²) in [5, 5.41) is 11.1. The Morgan fingerprint density at radius 3 is 2.48 bits per heavy atom. The Kier molecular flexibility index (Phi) is 5.71. The lowest BCUT2D eigenvalue weighted by Gasteiger charge is -2.00. The first-order chi connectivity index (χ1) is 11.0. The van der Waals surface area contributed by atoms with Gasteiger partial charge in [-0.25, -0.2) is 0 Å². The molecule has 6 heteroatoms. The van der Waals surface area contributed by atoms with Gasteiger partial charge in [0, 0.05) is 17.2 Å². The highest BCUT2D eigenvalue weighted by atomic mass is 127. The summed E-state index contributed by atoms with van der Waals surface area (Å²) in [5.41, 5.74) is 1.23. The van der Waals surface area contributed by atoms with Crippen molar-refractivity contribution in [3.8, 4) is 17.6 Å². The number of halogens is 1. The van der Waals surface area contributed by atoms with Crippen molar-refractivity contribution in [1.29, 1.82) is 0 Å². The van der Waals surface area contributed by atoms with Crippen LogP contribution in [0.25, 0.3) is 0 Å². The van der Waals surface area contributed by atoms with Gasteiger partial charge >= 0.3 is 0 Å². The second kappa shape index (κ2) is 7.74. The predicted octanol–water partition coefficient (Wildman–Crippen LogP) is 3.62. The van der Waals surface area contributed by atoms with Gasteiger partial charge in [-0.1, -0.05) is 34.4 Å². The van der Waals surface area contributed by atoms with Crippen LogP contribution in [0.1, 0.15) is 21.5 Å². The molecule has 0 fully saturated rings. The lowest BCUT2D eigenvalue weighted by Crippen LogP contribution is -2.02. The zero-order chi connectivity index (χ0) is 16.8.